The lowest BCUT2D eigenvalue weighted by Gasteiger charge is -2.09. The molecule has 1 aliphatic heterocycles. The van der Waals surface area contributed by atoms with Crippen LogP contribution in [0.25, 0.3) is 0 Å². The molecule has 1 aromatic heterocycles. The van der Waals surface area contributed by atoms with Crippen molar-refractivity contribution in [3.63, 3.8) is 0 Å². The Balaban J connectivity index is 1.64. The van der Waals surface area contributed by atoms with Gasteiger partial charge in [-0.3, -0.25) is 0 Å². The van der Waals surface area contributed by atoms with Gasteiger partial charge in [-0.1, -0.05) is 11.8 Å². The molecule has 130 valence electrons. The molecule has 1 saturated heterocycles. The van der Waals surface area contributed by atoms with Gasteiger partial charge in [-0.15, -0.1) is 10.2 Å². The highest BCUT2D eigenvalue weighted by Gasteiger charge is 2.29. The van der Waals surface area contributed by atoms with E-state index in [9.17, 15) is 17.2 Å². The topological polar surface area (TPSA) is 73.1 Å². The normalized spacial score (nSPS) is 21.0. The van der Waals surface area contributed by atoms with Crippen LogP contribution >= 0.6 is 11.8 Å². The van der Waals surface area contributed by atoms with Gasteiger partial charge in [-0.2, -0.15) is 0 Å². The molecule has 2 atom stereocenters. The van der Waals surface area contributed by atoms with Crippen molar-refractivity contribution in [2.75, 3.05) is 11.5 Å². The Hall–Kier alpha value is -1.48. The molecule has 0 spiro atoms. The van der Waals surface area contributed by atoms with Gasteiger partial charge in [0.2, 0.25) is 5.89 Å². The van der Waals surface area contributed by atoms with E-state index in [2.05, 4.69) is 10.2 Å². The third-order valence-corrected chi connectivity index (χ3v) is 6.72. The molecular formula is C15H16F2N2O3S2. The number of rotatable bonds is 5. The van der Waals surface area contributed by atoms with Crippen molar-refractivity contribution in [3.05, 3.63) is 41.3 Å². The van der Waals surface area contributed by atoms with Crippen LogP contribution in [0.1, 0.15) is 30.0 Å². The molecule has 0 radical (unpaired) electrons. The maximum Gasteiger partial charge on any atom is 0.277 e. The summed E-state index contributed by atoms with van der Waals surface area (Å²) in [6.45, 7) is 1.72. The molecule has 1 fully saturated rings. The third kappa shape index (κ3) is 4.13. The van der Waals surface area contributed by atoms with Crippen molar-refractivity contribution >= 4 is 21.6 Å². The summed E-state index contributed by atoms with van der Waals surface area (Å²) in [5.41, 5.74) is 0.224. The predicted octanol–water partition coefficient (Wildman–Crippen LogP) is 3.18. The van der Waals surface area contributed by atoms with E-state index in [-0.39, 0.29) is 28.2 Å². The number of hydrogen-bond acceptors (Lipinski definition) is 6. The Morgan fingerprint density at radius 2 is 2.17 bits per heavy atom. The van der Waals surface area contributed by atoms with E-state index in [4.69, 9.17) is 4.42 Å². The maximum absolute atomic E-state index is 13.8. The van der Waals surface area contributed by atoms with Crippen LogP contribution in [0.5, 0.6) is 0 Å². The average molecular weight is 374 g/mol. The highest BCUT2D eigenvalue weighted by Crippen LogP contribution is 2.35. The van der Waals surface area contributed by atoms with Crippen LogP contribution in [0.3, 0.4) is 0 Å². The van der Waals surface area contributed by atoms with Gasteiger partial charge in [0.05, 0.1) is 11.5 Å². The summed E-state index contributed by atoms with van der Waals surface area (Å²) in [6, 6.07) is 3.30. The van der Waals surface area contributed by atoms with Crippen molar-refractivity contribution in [1.82, 2.24) is 10.2 Å². The van der Waals surface area contributed by atoms with E-state index in [1.54, 1.807) is 6.92 Å². The quantitative estimate of drug-likeness (QED) is 0.749. The van der Waals surface area contributed by atoms with E-state index >= 15 is 0 Å². The molecule has 0 aliphatic carbocycles. The van der Waals surface area contributed by atoms with Gasteiger partial charge in [-0.25, -0.2) is 17.2 Å². The fourth-order valence-electron chi connectivity index (χ4n) is 2.69. The molecule has 5 nitrogen and oxygen atoms in total. The zero-order chi connectivity index (χ0) is 17.3. The fourth-order valence-corrected chi connectivity index (χ4v) is 5.39. The molecule has 0 bridgehead atoms. The molecule has 9 heteroatoms. The standard InChI is InChI=1S/C15H16F2N2O3S2/c1-9(12-7-11(16)2-3-13(12)17)23-15-19-18-14(22-15)6-10-4-5-24(20,21)8-10/h2-3,7,9-10H,4-6,8H2,1H3/t9-,10-/m1/s1. The monoisotopic (exact) mass is 374 g/mol. The number of sulfone groups is 1. The molecule has 0 amide bonds. The molecule has 2 aromatic rings. The Morgan fingerprint density at radius 1 is 1.38 bits per heavy atom. The summed E-state index contributed by atoms with van der Waals surface area (Å²) < 4.78 is 55.5. The van der Waals surface area contributed by atoms with Crippen LogP contribution in [0.2, 0.25) is 0 Å². The Bertz CT molecular complexity index is 839. The summed E-state index contributed by atoms with van der Waals surface area (Å²) in [5.74, 6) is -0.302. The van der Waals surface area contributed by atoms with Crippen LogP contribution in [-0.2, 0) is 16.3 Å². The molecule has 2 heterocycles. The number of aromatic nitrogens is 2. The van der Waals surface area contributed by atoms with Crippen LogP contribution in [0, 0.1) is 17.6 Å². The van der Waals surface area contributed by atoms with Gasteiger partial charge in [0.15, 0.2) is 9.84 Å². The highest BCUT2D eigenvalue weighted by molar-refractivity contribution is 7.99. The number of benzene rings is 1. The second-order valence-corrected chi connectivity index (χ2v) is 9.38. The van der Waals surface area contributed by atoms with Crippen molar-refractivity contribution in [1.29, 1.82) is 0 Å². The molecular weight excluding hydrogens is 358 g/mol. The molecule has 3 rings (SSSR count). The van der Waals surface area contributed by atoms with Gasteiger partial charge < -0.3 is 4.42 Å². The van der Waals surface area contributed by atoms with Gasteiger partial charge in [0.1, 0.15) is 11.6 Å². The maximum atomic E-state index is 13.8. The van der Waals surface area contributed by atoms with Gasteiger partial charge >= 0.3 is 0 Å². The van der Waals surface area contributed by atoms with Crippen molar-refractivity contribution in [3.8, 4) is 0 Å². The molecule has 1 aromatic carbocycles. The van der Waals surface area contributed by atoms with E-state index < -0.39 is 26.7 Å². The van der Waals surface area contributed by atoms with Crippen molar-refractivity contribution in [2.24, 2.45) is 5.92 Å². The minimum Gasteiger partial charge on any atom is -0.416 e. The molecule has 0 N–H and O–H groups in total. The summed E-state index contributed by atoms with van der Waals surface area (Å²) in [5, 5.41) is 7.66. The van der Waals surface area contributed by atoms with Gasteiger partial charge in [-0.05, 0) is 37.5 Å². The number of nitrogens with zero attached hydrogens (tertiary/aromatic N) is 2. The van der Waals surface area contributed by atoms with Crippen LogP contribution in [0.15, 0.2) is 27.8 Å². The Morgan fingerprint density at radius 3 is 2.88 bits per heavy atom. The minimum atomic E-state index is -2.94. The Kier molecular flexibility index (Phi) is 4.91. The van der Waals surface area contributed by atoms with Crippen LogP contribution in [0.4, 0.5) is 8.78 Å². The lowest BCUT2D eigenvalue weighted by atomic mass is 10.1. The number of halogens is 2. The van der Waals surface area contributed by atoms with Gasteiger partial charge in [0.25, 0.3) is 5.22 Å². The second kappa shape index (κ2) is 6.79. The predicted molar refractivity (Wildman–Crippen MR) is 85.4 cm³/mol. The minimum absolute atomic E-state index is 0.00797. The van der Waals surface area contributed by atoms with Crippen LogP contribution < -0.4 is 0 Å². The summed E-state index contributed by atoms with van der Waals surface area (Å²) >= 11 is 1.13. The van der Waals surface area contributed by atoms with Crippen molar-refractivity contribution < 1.29 is 21.6 Å². The Labute approximate surface area is 142 Å². The highest BCUT2D eigenvalue weighted by atomic mass is 32.2. The first-order valence-corrected chi connectivity index (χ1v) is 10.2. The number of hydrogen-bond donors (Lipinski definition) is 0. The van der Waals surface area contributed by atoms with E-state index in [1.807, 2.05) is 0 Å². The lowest BCUT2D eigenvalue weighted by Crippen LogP contribution is -2.07. The smallest absolute Gasteiger partial charge is 0.277 e. The first-order chi connectivity index (χ1) is 11.3. The molecule has 24 heavy (non-hydrogen) atoms. The second-order valence-electron chi connectivity index (χ2n) is 5.86. The van der Waals surface area contributed by atoms with E-state index in [0.717, 1.165) is 30.0 Å². The molecule has 0 unspecified atom stereocenters. The van der Waals surface area contributed by atoms with Crippen LogP contribution in [-0.4, -0.2) is 30.1 Å². The van der Waals surface area contributed by atoms with Crippen molar-refractivity contribution in [2.45, 2.75) is 30.2 Å². The third-order valence-electron chi connectivity index (χ3n) is 3.91. The average Bonchev–Trinajstić information content (AvgIpc) is 3.08. The summed E-state index contributed by atoms with van der Waals surface area (Å²) in [4.78, 5) is 0. The largest absolute Gasteiger partial charge is 0.416 e. The first-order valence-electron chi connectivity index (χ1n) is 7.47. The summed E-state index contributed by atoms with van der Waals surface area (Å²) in [6.07, 6.45) is 1.01. The zero-order valence-corrected chi connectivity index (χ0v) is 14.5. The van der Waals surface area contributed by atoms with E-state index in [1.165, 1.54) is 0 Å². The number of thioether (sulfide) groups is 1. The molecule has 0 saturated carbocycles. The molecule has 1 aliphatic rings. The first kappa shape index (κ1) is 17.3. The lowest BCUT2D eigenvalue weighted by molar-refractivity contribution is 0.389. The van der Waals surface area contributed by atoms with E-state index in [0.29, 0.717) is 18.7 Å². The summed E-state index contributed by atoms with van der Waals surface area (Å²) in [7, 11) is -2.94. The fraction of sp³-hybridized carbons (Fsp3) is 0.467. The zero-order valence-electron chi connectivity index (χ0n) is 12.9. The SMILES string of the molecule is C[C@@H](Sc1nnc(C[C@H]2CCS(=O)(=O)C2)o1)c1cc(F)ccc1F. The van der Waals surface area contributed by atoms with Gasteiger partial charge in [0, 0.05) is 17.2 Å².